The zero-order valence-electron chi connectivity index (χ0n) is 18.9. The molecule has 0 saturated heterocycles. The molecule has 0 spiro atoms. The van der Waals surface area contributed by atoms with Crippen LogP contribution in [0.25, 0.3) is 27.0 Å². The Kier molecular flexibility index (Phi) is 6.20. The quantitative estimate of drug-likeness (QED) is 0.395. The Labute approximate surface area is 203 Å². The number of aromatic nitrogens is 3. The van der Waals surface area contributed by atoms with Crippen molar-refractivity contribution in [2.75, 3.05) is 0 Å². The van der Waals surface area contributed by atoms with Crippen LogP contribution in [0.1, 0.15) is 18.2 Å². The Bertz CT molecular complexity index is 1640. The van der Waals surface area contributed by atoms with E-state index >= 15 is 0 Å². The van der Waals surface area contributed by atoms with Crippen LogP contribution in [-0.2, 0) is 18.0 Å². The molecule has 4 rings (SSSR count). The zero-order chi connectivity index (χ0) is 26.5. The topological polar surface area (TPSA) is 103 Å². The van der Waals surface area contributed by atoms with Gasteiger partial charge >= 0.3 is 17.8 Å². The Morgan fingerprint density at radius 2 is 1.86 bits per heavy atom. The molecule has 0 saturated carbocycles. The summed E-state index contributed by atoms with van der Waals surface area (Å²) in [5.74, 6) is -1.82. The van der Waals surface area contributed by atoms with Crippen molar-refractivity contribution in [1.29, 1.82) is 0 Å². The van der Waals surface area contributed by atoms with Gasteiger partial charge in [-0.15, -0.1) is 0 Å². The summed E-state index contributed by atoms with van der Waals surface area (Å²) in [6.45, 7) is 3.10. The second-order valence-electron chi connectivity index (χ2n) is 7.95. The summed E-state index contributed by atoms with van der Waals surface area (Å²) < 4.78 is 65.1. The lowest BCUT2D eigenvalue weighted by Gasteiger charge is -2.14. The Balaban J connectivity index is 1.87. The molecular weight excluding hydrogens is 506 g/mol. The molecule has 4 aromatic rings. The van der Waals surface area contributed by atoms with Gasteiger partial charge in [0.1, 0.15) is 17.3 Å². The van der Waals surface area contributed by atoms with Gasteiger partial charge < -0.3 is 9.84 Å². The summed E-state index contributed by atoms with van der Waals surface area (Å²) in [6, 6.07) is 7.24. The number of carboxylic acid groups (broad SMARTS) is 1. The van der Waals surface area contributed by atoms with E-state index in [1.54, 1.807) is 19.1 Å². The zero-order valence-corrected chi connectivity index (χ0v) is 19.7. The second kappa shape index (κ2) is 8.90. The third-order valence-electron chi connectivity index (χ3n) is 5.50. The van der Waals surface area contributed by atoms with Crippen LogP contribution in [0.5, 0.6) is 5.75 Å². The molecule has 8 nitrogen and oxygen atoms in total. The standard InChI is InChI=1S/C23H17F4N3O5S/c1-10-6-12(35-11(2)21(32)33)4-5-13(10)20-14-7-16(15(24)8-17(14)36-28-20)30-19(31)9-18(23(25,26)27)29(3)22(30)34/h4-9,11H,1-3H3,(H,32,33). The van der Waals surface area contributed by atoms with Crippen molar-refractivity contribution in [3.8, 4) is 22.7 Å². The van der Waals surface area contributed by atoms with E-state index in [9.17, 15) is 31.9 Å². The normalized spacial score (nSPS) is 12.6. The maximum absolute atomic E-state index is 14.9. The summed E-state index contributed by atoms with van der Waals surface area (Å²) in [5, 5.41) is 9.38. The summed E-state index contributed by atoms with van der Waals surface area (Å²) in [7, 11) is 0.841. The number of ether oxygens (including phenoxy) is 1. The van der Waals surface area contributed by atoms with E-state index < -0.39 is 46.7 Å². The van der Waals surface area contributed by atoms with Gasteiger partial charge in [-0.2, -0.15) is 17.5 Å². The van der Waals surface area contributed by atoms with Crippen molar-refractivity contribution in [1.82, 2.24) is 13.5 Å². The maximum Gasteiger partial charge on any atom is 0.431 e. The van der Waals surface area contributed by atoms with Crippen molar-refractivity contribution in [2.24, 2.45) is 7.05 Å². The van der Waals surface area contributed by atoms with Crippen molar-refractivity contribution < 1.29 is 32.2 Å². The average molecular weight is 523 g/mol. The van der Waals surface area contributed by atoms with E-state index in [1.165, 1.54) is 19.1 Å². The molecule has 0 aliphatic carbocycles. The lowest BCUT2D eigenvalue weighted by molar-refractivity contribution is -0.144. The number of fused-ring (bicyclic) bond motifs is 1. The summed E-state index contributed by atoms with van der Waals surface area (Å²) in [5.41, 5.74) is -3.06. The van der Waals surface area contributed by atoms with Crippen molar-refractivity contribution in [3.05, 3.63) is 74.3 Å². The van der Waals surface area contributed by atoms with Crippen LogP contribution in [-0.4, -0.2) is 30.7 Å². The van der Waals surface area contributed by atoms with E-state index in [0.717, 1.165) is 24.6 Å². The van der Waals surface area contributed by atoms with Gasteiger partial charge in [0, 0.05) is 24.1 Å². The third-order valence-corrected chi connectivity index (χ3v) is 6.31. The molecule has 36 heavy (non-hydrogen) atoms. The number of rotatable bonds is 5. The van der Waals surface area contributed by atoms with Gasteiger partial charge in [-0.1, -0.05) is 0 Å². The number of aryl methyl sites for hydroxylation is 1. The molecule has 0 aliphatic heterocycles. The van der Waals surface area contributed by atoms with Crippen LogP contribution < -0.4 is 16.0 Å². The Morgan fingerprint density at radius 1 is 1.17 bits per heavy atom. The molecule has 1 unspecified atom stereocenters. The third kappa shape index (κ3) is 4.37. The lowest BCUT2D eigenvalue weighted by atomic mass is 10.0. The maximum atomic E-state index is 14.9. The van der Waals surface area contributed by atoms with Gasteiger partial charge in [0.15, 0.2) is 6.10 Å². The highest BCUT2D eigenvalue weighted by molar-refractivity contribution is 7.13. The molecule has 0 fully saturated rings. The molecule has 2 heterocycles. The number of carboxylic acids is 1. The van der Waals surface area contributed by atoms with E-state index in [-0.39, 0.29) is 10.6 Å². The molecule has 2 aromatic heterocycles. The van der Waals surface area contributed by atoms with E-state index in [1.807, 2.05) is 0 Å². The van der Waals surface area contributed by atoms with E-state index in [4.69, 9.17) is 9.84 Å². The predicted molar refractivity (Wildman–Crippen MR) is 123 cm³/mol. The van der Waals surface area contributed by atoms with Crippen molar-refractivity contribution in [2.45, 2.75) is 26.1 Å². The van der Waals surface area contributed by atoms with Gasteiger partial charge in [0.25, 0.3) is 5.56 Å². The number of hydrogen-bond donors (Lipinski definition) is 1. The number of halogens is 4. The first-order chi connectivity index (χ1) is 16.8. The summed E-state index contributed by atoms with van der Waals surface area (Å²) in [6.07, 6.45) is -6.03. The number of alkyl halides is 3. The highest BCUT2D eigenvalue weighted by Crippen LogP contribution is 2.36. The van der Waals surface area contributed by atoms with Crippen molar-refractivity contribution >= 4 is 27.6 Å². The van der Waals surface area contributed by atoms with Crippen LogP contribution in [0, 0.1) is 12.7 Å². The molecule has 1 atom stereocenters. The molecule has 13 heteroatoms. The Morgan fingerprint density at radius 3 is 2.47 bits per heavy atom. The first-order valence-corrected chi connectivity index (χ1v) is 11.1. The number of nitrogens with zero attached hydrogens (tertiary/aromatic N) is 3. The second-order valence-corrected chi connectivity index (χ2v) is 8.75. The molecule has 0 radical (unpaired) electrons. The van der Waals surface area contributed by atoms with E-state index in [0.29, 0.717) is 37.2 Å². The predicted octanol–water partition coefficient (Wildman–Crippen LogP) is 4.13. The first-order valence-electron chi connectivity index (χ1n) is 10.3. The molecule has 188 valence electrons. The number of benzene rings is 2. The van der Waals surface area contributed by atoms with E-state index in [2.05, 4.69) is 4.37 Å². The largest absolute Gasteiger partial charge is 0.479 e. The molecule has 0 bridgehead atoms. The van der Waals surface area contributed by atoms with Crippen molar-refractivity contribution in [3.63, 3.8) is 0 Å². The minimum atomic E-state index is -4.95. The Hall–Kier alpha value is -4.00. The number of carbonyl (C=O) groups is 1. The van der Waals surface area contributed by atoms with Gasteiger partial charge in [0.2, 0.25) is 0 Å². The molecule has 1 N–H and O–H groups in total. The fraction of sp³-hybridized carbons (Fsp3) is 0.217. The van der Waals surface area contributed by atoms with Crippen LogP contribution in [0.4, 0.5) is 17.6 Å². The minimum Gasteiger partial charge on any atom is -0.479 e. The molecular formula is C23H17F4N3O5S. The average Bonchev–Trinajstić information content (AvgIpc) is 3.18. The monoisotopic (exact) mass is 523 g/mol. The fourth-order valence-electron chi connectivity index (χ4n) is 3.66. The first kappa shape index (κ1) is 25.1. The molecule has 0 amide bonds. The molecule has 2 aromatic carbocycles. The van der Waals surface area contributed by atoms with Crippen LogP contribution in [0.2, 0.25) is 0 Å². The number of aliphatic carboxylic acids is 1. The smallest absolute Gasteiger partial charge is 0.431 e. The fourth-order valence-corrected chi connectivity index (χ4v) is 4.46. The highest BCUT2D eigenvalue weighted by Gasteiger charge is 2.35. The van der Waals surface area contributed by atoms with Gasteiger partial charge in [-0.25, -0.2) is 18.5 Å². The van der Waals surface area contributed by atoms with Gasteiger partial charge in [-0.05, 0) is 61.3 Å². The lowest BCUT2D eigenvalue weighted by Crippen LogP contribution is -2.41. The summed E-state index contributed by atoms with van der Waals surface area (Å²) in [4.78, 5) is 36.2. The highest BCUT2D eigenvalue weighted by atomic mass is 32.1. The number of hydrogen-bond acceptors (Lipinski definition) is 6. The molecule has 0 aliphatic rings. The van der Waals surface area contributed by atoms with Crippen LogP contribution >= 0.6 is 11.5 Å². The van der Waals surface area contributed by atoms with Gasteiger partial charge in [0.05, 0.1) is 16.1 Å². The summed E-state index contributed by atoms with van der Waals surface area (Å²) >= 11 is 0.953. The van der Waals surface area contributed by atoms with Crippen LogP contribution in [0.15, 0.2) is 46.0 Å². The van der Waals surface area contributed by atoms with Crippen LogP contribution in [0.3, 0.4) is 0 Å². The SMILES string of the molecule is Cc1cc(OC(C)C(=O)O)ccc1-c1nsc2cc(F)c(-n3c(=O)cc(C(F)(F)F)n(C)c3=O)cc12. The van der Waals surface area contributed by atoms with Gasteiger partial charge in [-0.3, -0.25) is 9.36 Å². The minimum absolute atomic E-state index is 0.235.